The highest BCUT2D eigenvalue weighted by Crippen LogP contribution is 2.54. The minimum atomic E-state index is -1.49. The van der Waals surface area contributed by atoms with Crippen molar-refractivity contribution in [2.75, 3.05) is 18.5 Å². The fourth-order valence-electron chi connectivity index (χ4n) is 1.14. The van der Waals surface area contributed by atoms with Crippen molar-refractivity contribution in [3.8, 4) is 0 Å². The van der Waals surface area contributed by atoms with Gasteiger partial charge in [0, 0.05) is 18.5 Å². The standard InChI is InChI=1S/C6H13OP/c1-2-4-8(7)5-3-6-8/h2-6H2,1H3. The van der Waals surface area contributed by atoms with Crippen LogP contribution in [0, 0.1) is 0 Å². The summed E-state index contributed by atoms with van der Waals surface area (Å²) in [6.07, 6.45) is 5.42. The van der Waals surface area contributed by atoms with E-state index in [4.69, 9.17) is 0 Å². The summed E-state index contributed by atoms with van der Waals surface area (Å²) in [5, 5.41) is 0. The van der Waals surface area contributed by atoms with Gasteiger partial charge in [-0.3, -0.25) is 0 Å². The molecule has 0 aromatic carbocycles. The molecular formula is C6H13OP. The first kappa shape index (κ1) is 6.35. The average Bonchev–Trinajstić information content (AvgIpc) is 1.64. The van der Waals surface area contributed by atoms with Crippen LogP contribution in [-0.2, 0) is 4.57 Å². The Balaban J connectivity index is 2.31. The highest BCUT2D eigenvalue weighted by atomic mass is 31.2. The van der Waals surface area contributed by atoms with Crippen LogP contribution in [0.15, 0.2) is 0 Å². The van der Waals surface area contributed by atoms with Gasteiger partial charge in [0.2, 0.25) is 0 Å². The highest BCUT2D eigenvalue weighted by molar-refractivity contribution is 7.65. The van der Waals surface area contributed by atoms with Crippen LogP contribution >= 0.6 is 7.14 Å². The topological polar surface area (TPSA) is 17.1 Å². The molecule has 1 fully saturated rings. The lowest BCUT2D eigenvalue weighted by Crippen LogP contribution is -2.10. The van der Waals surface area contributed by atoms with E-state index in [-0.39, 0.29) is 0 Å². The maximum absolute atomic E-state index is 11.3. The van der Waals surface area contributed by atoms with Gasteiger partial charge in [-0.1, -0.05) is 6.92 Å². The second-order valence-corrected chi connectivity index (χ2v) is 6.04. The molecule has 1 heterocycles. The third kappa shape index (κ3) is 1.14. The van der Waals surface area contributed by atoms with Crippen LogP contribution in [-0.4, -0.2) is 18.5 Å². The molecule has 8 heavy (non-hydrogen) atoms. The molecule has 0 radical (unpaired) electrons. The van der Waals surface area contributed by atoms with Crippen LogP contribution in [0.5, 0.6) is 0 Å². The normalized spacial score (nSPS) is 24.6. The van der Waals surface area contributed by atoms with Crippen molar-refractivity contribution in [3.05, 3.63) is 0 Å². The Morgan fingerprint density at radius 1 is 1.50 bits per heavy atom. The van der Waals surface area contributed by atoms with Gasteiger partial charge in [-0.05, 0) is 12.8 Å². The van der Waals surface area contributed by atoms with Gasteiger partial charge in [0.25, 0.3) is 0 Å². The zero-order valence-corrected chi connectivity index (χ0v) is 6.29. The molecule has 48 valence electrons. The van der Waals surface area contributed by atoms with E-state index in [1.165, 1.54) is 6.42 Å². The molecule has 0 saturated carbocycles. The van der Waals surface area contributed by atoms with E-state index < -0.39 is 7.14 Å². The maximum Gasteiger partial charge on any atom is 0.0877 e. The molecule has 0 unspecified atom stereocenters. The molecule has 1 nitrogen and oxygen atoms in total. The Labute approximate surface area is 50.8 Å². The van der Waals surface area contributed by atoms with Gasteiger partial charge in [-0.15, -0.1) is 0 Å². The summed E-state index contributed by atoms with van der Waals surface area (Å²) in [5.74, 6) is 0. The molecule has 0 N–H and O–H groups in total. The van der Waals surface area contributed by atoms with Crippen molar-refractivity contribution in [2.45, 2.75) is 19.8 Å². The Bertz CT molecular complexity index is 112. The second-order valence-electron chi connectivity index (χ2n) is 2.58. The van der Waals surface area contributed by atoms with Gasteiger partial charge < -0.3 is 4.57 Å². The van der Waals surface area contributed by atoms with Crippen molar-refractivity contribution < 1.29 is 4.57 Å². The van der Waals surface area contributed by atoms with Gasteiger partial charge in [-0.25, -0.2) is 0 Å². The van der Waals surface area contributed by atoms with E-state index >= 15 is 0 Å². The third-order valence-electron chi connectivity index (χ3n) is 1.76. The van der Waals surface area contributed by atoms with Gasteiger partial charge in [0.05, 0.1) is 7.14 Å². The zero-order valence-electron chi connectivity index (χ0n) is 5.39. The van der Waals surface area contributed by atoms with Crippen molar-refractivity contribution in [2.24, 2.45) is 0 Å². The SMILES string of the molecule is CCCP1(=O)CCC1. The molecule has 0 aromatic heterocycles. The minimum absolute atomic E-state index is 1.01. The maximum atomic E-state index is 11.3. The van der Waals surface area contributed by atoms with Crippen LogP contribution in [0.25, 0.3) is 0 Å². The Morgan fingerprint density at radius 2 is 2.12 bits per heavy atom. The van der Waals surface area contributed by atoms with Crippen molar-refractivity contribution in [3.63, 3.8) is 0 Å². The molecule has 0 atom stereocenters. The summed E-state index contributed by atoms with van der Waals surface area (Å²) < 4.78 is 11.3. The summed E-state index contributed by atoms with van der Waals surface area (Å²) in [7, 11) is -1.49. The Hall–Kier alpha value is 0.230. The molecule has 0 aromatic rings. The largest absolute Gasteiger partial charge is 0.324 e. The predicted octanol–water partition coefficient (Wildman–Crippen LogP) is 2.16. The van der Waals surface area contributed by atoms with E-state index in [0.717, 1.165) is 24.9 Å². The van der Waals surface area contributed by atoms with Crippen LogP contribution in [0.1, 0.15) is 19.8 Å². The molecule has 1 saturated heterocycles. The van der Waals surface area contributed by atoms with Crippen LogP contribution in [0.2, 0.25) is 0 Å². The Morgan fingerprint density at radius 3 is 2.25 bits per heavy atom. The van der Waals surface area contributed by atoms with Crippen molar-refractivity contribution in [1.29, 1.82) is 0 Å². The van der Waals surface area contributed by atoms with E-state index in [9.17, 15) is 4.57 Å². The smallest absolute Gasteiger partial charge is 0.0877 e. The number of hydrogen-bond donors (Lipinski definition) is 0. The lowest BCUT2D eigenvalue weighted by molar-refractivity contribution is 0.561. The monoisotopic (exact) mass is 132 g/mol. The van der Waals surface area contributed by atoms with Gasteiger partial charge in [0.15, 0.2) is 0 Å². The molecule has 1 aliphatic heterocycles. The lowest BCUT2D eigenvalue weighted by atomic mass is 10.5. The van der Waals surface area contributed by atoms with E-state index in [2.05, 4.69) is 6.92 Å². The van der Waals surface area contributed by atoms with Gasteiger partial charge in [0.1, 0.15) is 0 Å². The molecule has 0 spiro atoms. The van der Waals surface area contributed by atoms with Gasteiger partial charge in [-0.2, -0.15) is 0 Å². The summed E-state index contributed by atoms with van der Waals surface area (Å²) in [4.78, 5) is 0. The predicted molar refractivity (Wildman–Crippen MR) is 37.1 cm³/mol. The van der Waals surface area contributed by atoms with E-state index in [1.54, 1.807) is 0 Å². The average molecular weight is 132 g/mol. The summed E-state index contributed by atoms with van der Waals surface area (Å²) in [6, 6.07) is 0. The first-order chi connectivity index (χ1) is 3.77. The molecule has 0 bridgehead atoms. The highest BCUT2D eigenvalue weighted by Gasteiger charge is 2.28. The summed E-state index contributed by atoms with van der Waals surface area (Å²) in [6.45, 7) is 2.11. The summed E-state index contributed by atoms with van der Waals surface area (Å²) in [5.41, 5.74) is 0. The summed E-state index contributed by atoms with van der Waals surface area (Å²) >= 11 is 0. The second kappa shape index (κ2) is 2.23. The van der Waals surface area contributed by atoms with Crippen LogP contribution in [0.3, 0.4) is 0 Å². The molecule has 2 heteroatoms. The van der Waals surface area contributed by atoms with Crippen LogP contribution in [0.4, 0.5) is 0 Å². The Kier molecular flexibility index (Phi) is 1.77. The fourth-order valence-corrected chi connectivity index (χ4v) is 3.43. The van der Waals surface area contributed by atoms with E-state index in [0.29, 0.717) is 0 Å². The first-order valence-electron chi connectivity index (χ1n) is 3.34. The fraction of sp³-hybridized carbons (Fsp3) is 1.00. The van der Waals surface area contributed by atoms with Crippen molar-refractivity contribution >= 4 is 7.14 Å². The lowest BCUT2D eigenvalue weighted by Gasteiger charge is -2.25. The first-order valence-corrected chi connectivity index (χ1v) is 5.60. The number of rotatable bonds is 2. The molecule has 0 amide bonds. The van der Waals surface area contributed by atoms with Crippen LogP contribution < -0.4 is 0 Å². The quantitative estimate of drug-likeness (QED) is 0.526. The van der Waals surface area contributed by atoms with E-state index in [1.807, 2.05) is 0 Å². The molecule has 1 rings (SSSR count). The molecule has 1 aliphatic rings. The minimum Gasteiger partial charge on any atom is -0.324 e. The van der Waals surface area contributed by atoms with Crippen molar-refractivity contribution in [1.82, 2.24) is 0 Å². The number of hydrogen-bond acceptors (Lipinski definition) is 1. The molecule has 0 aliphatic carbocycles. The van der Waals surface area contributed by atoms with Gasteiger partial charge >= 0.3 is 0 Å². The zero-order chi connectivity index (χ0) is 6.04. The third-order valence-corrected chi connectivity index (χ3v) is 5.29. The molecular weight excluding hydrogens is 119 g/mol.